The van der Waals surface area contributed by atoms with Crippen molar-refractivity contribution in [3.05, 3.63) is 29.8 Å². The van der Waals surface area contributed by atoms with Gasteiger partial charge in [-0.3, -0.25) is 0 Å². The Morgan fingerprint density at radius 1 is 1.21 bits per heavy atom. The van der Waals surface area contributed by atoms with Gasteiger partial charge in [-0.25, -0.2) is 0 Å². The second kappa shape index (κ2) is 6.40. The Hall–Kier alpha value is -1.06. The molecule has 19 heavy (non-hydrogen) atoms. The molecule has 2 unspecified atom stereocenters. The molecular weight excluding hydrogens is 238 g/mol. The number of aliphatic hydroxyl groups is 2. The molecule has 1 aliphatic carbocycles. The van der Waals surface area contributed by atoms with Crippen LogP contribution in [0.3, 0.4) is 0 Å². The van der Waals surface area contributed by atoms with Gasteiger partial charge in [0.2, 0.25) is 0 Å². The molecule has 1 saturated carbocycles. The average molecular weight is 263 g/mol. The summed E-state index contributed by atoms with van der Waals surface area (Å²) in [6.07, 6.45) is 4.42. The maximum Gasteiger partial charge on any atom is 0.0787 e. The fourth-order valence-corrected chi connectivity index (χ4v) is 2.90. The van der Waals surface area contributed by atoms with E-state index in [2.05, 4.69) is 4.90 Å². The predicted molar refractivity (Wildman–Crippen MR) is 78.4 cm³/mol. The smallest absolute Gasteiger partial charge is 0.0787 e. The maximum atomic E-state index is 10.1. The number of hydrogen-bond donors (Lipinski definition) is 2. The largest absolute Gasteiger partial charge is 0.391 e. The van der Waals surface area contributed by atoms with Crippen molar-refractivity contribution in [2.75, 3.05) is 11.9 Å². The Balaban J connectivity index is 2.08. The Morgan fingerprint density at radius 2 is 1.84 bits per heavy atom. The van der Waals surface area contributed by atoms with E-state index in [0.717, 1.165) is 36.9 Å². The molecule has 1 fully saturated rings. The summed E-state index contributed by atoms with van der Waals surface area (Å²) in [4.78, 5) is 2.17. The van der Waals surface area contributed by atoms with Crippen LogP contribution in [-0.2, 0) is 0 Å². The highest BCUT2D eigenvalue weighted by Crippen LogP contribution is 2.27. The van der Waals surface area contributed by atoms with Crippen LogP contribution in [0.1, 0.15) is 50.7 Å². The van der Waals surface area contributed by atoms with Gasteiger partial charge < -0.3 is 15.1 Å². The molecule has 1 aliphatic rings. The van der Waals surface area contributed by atoms with Crippen LogP contribution in [-0.4, -0.2) is 29.4 Å². The summed E-state index contributed by atoms with van der Waals surface area (Å²) in [6, 6.07) is 8.26. The van der Waals surface area contributed by atoms with Crippen LogP contribution in [0.15, 0.2) is 24.3 Å². The van der Waals surface area contributed by atoms with Gasteiger partial charge in [0.25, 0.3) is 0 Å². The van der Waals surface area contributed by atoms with Gasteiger partial charge in [-0.1, -0.05) is 31.9 Å². The van der Waals surface area contributed by atoms with E-state index < -0.39 is 0 Å². The zero-order valence-electron chi connectivity index (χ0n) is 11.9. The van der Waals surface area contributed by atoms with Crippen molar-refractivity contribution in [2.24, 2.45) is 0 Å². The number of likely N-dealkylation sites (N-methyl/N-ethyl adjacent to an activating group) is 1. The predicted octanol–water partition coefficient (Wildman–Crippen LogP) is 2.87. The molecular formula is C16H25NO2. The van der Waals surface area contributed by atoms with Crippen molar-refractivity contribution in [1.29, 1.82) is 0 Å². The third-order valence-electron chi connectivity index (χ3n) is 4.26. The molecule has 0 radical (unpaired) electrons. The molecule has 0 saturated heterocycles. The van der Waals surface area contributed by atoms with E-state index in [4.69, 9.17) is 0 Å². The van der Waals surface area contributed by atoms with Crippen LogP contribution < -0.4 is 4.90 Å². The fourth-order valence-electron chi connectivity index (χ4n) is 2.90. The Labute approximate surface area is 115 Å². The summed E-state index contributed by atoms with van der Waals surface area (Å²) in [7, 11) is 2.05. The zero-order valence-corrected chi connectivity index (χ0v) is 11.9. The molecule has 0 heterocycles. The van der Waals surface area contributed by atoms with Crippen molar-refractivity contribution >= 4 is 5.69 Å². The summed E-state index contributed by atoms with van der Waals surface area (Å²) < 4.78 is 0. The van der Waals surface area contributed by atoms with E-state index in [9.17, 15) is 10.2 Å². The number of hydrogen-bond acceptors (Lipinski definition) is 3. The molecule has 0 amide bonds. The maximum absolute atomic E-state index is 10.1. The zero-order chi connectivity index (χ0) is 13.8. The second-order valence-corrected chi connectivity index (χ2v) is 5.55. The van der Waals surface area contributed by atoms with Crippen LogP contribution >= 0.6 is 0 Å². The molecule has 0 bridgehead atoms. The quantitative estimate of drug-likeness (QED) is 0.878. The highest BCUT2D eigenvalue weighted by molar-refractivity contribution is 5.48. The fraction of sp³-hybridized carbons (Fsp3) is 0.625. The molecule has 1 aromatic carbocycles. The molecule has 3 atom stereocenters. The van der Waals surface area contributed by atoms with Gasteiger partial charge in [0.05, 0.1) is 18.2 Å². The van der Waals surface area contributed by atoms with E-state index in [1.54, 1.807) is 0 Å². The first-order chi connectivity index (χ1) is 9.13. The first kappa shape index (κ1) is 14.4. The molecule has 0 aliphatic heterocycles. The van der Waals surface area contributed by atoms with Crippen LogP contribution in [0.2, 0.25) is 0 Å². The minimum absolute atomic E-state index is 0.218. The number of aliphatic hydroxyl groups excluding tert-OH is 2. The molecule has 1 aromatic rings. The van der Waals surface area contributed by atoms with Gasteiger partial charge in [0, 0.05) is 12.7 Å². The number of nitrogens with zero attached hydrogens (tertiary/aromatic N) is 1. The third-order valence-corrected chi connectivity index (χ3v) is 4.26. The van der Waals surface area contributed by atoms with Crippen molar-refractivity contribution < 1.29 is 10.2 Å². The Bertz CT molecular complexity index is 390. The number of benzene rings is 1. The van der Waals surface area contributed by atoms with E-state index >= 15 is 0 Å². The van der Waals surface area contributed by atoms with Gasteiger partial charge in [0.15, 0.2) is 0 Å². The van der Waals surface area contributed by atoms with Gasteiger partial charge in [0.1, 0.15) is 0 Å². The molecule has 2 N–H and O–H groups in total. The lowest BCUT2D eigenvalue weighted by molar-refractivity contribution is 0.106. The summed E-state index contributed by atoms with van der Waals surface area (Å²) in [5, 5.41) is 19.9. The Morgan fingerprint density at radius 3 is 2.42 bits per heavy atom. The van der Waals surface area contributed by atoms with E-state index in [-0.39, 0.29) is 18.2 Å². The summed E-state index contributed by atoms with van der Waals surface area (Å²) in [5.41, 5.74) is 2.07. The topological polar surface area (TPSA) is 43.7 Å². The van der Waals surface area contributed by atoms with E-state index in [1.807, 2.05) is 38.2 Å². The van der Waals surface area contributed by atoms with Gasteiger partial charge in [-0.05, 0) is 37.0 Å². The van der Waals surface area contributed by atoms with E-state index in [1.165, 1.54) is 6.42 Å². The lowest BCUT2D eigenvalue weighted by atomic mass is 9.91. The lowest BCUT2D eigenvalue weighted by Crippen LogP contribution is -2.43. The van der Waals surface area contributed by atoms with Crippen molar-refractivity contribution in [1.82, 2.24) is 0 Å². The minimum Gasteiger partial charge on any atom is -0.391 e. The van der Waals surface area contributed by atoms with E-state index in [0.29, 0.717) is 0 Å². The van der Waals surface area contributed by atoms with Crippen molar-refractivity contribution in [2.45, 2.75) is 57.3 Å². The molecule has 106 valence electrons. The third kappa shape index (κ3) is 3.28. The monoisotopic (exact) mass is 263 g/mol. The molecule has 3 nitrogen and oxygen atoms in total. The summed E-state index contributed by atoms with van der Waals surface area (Å²) in [5.74, 6) is 0. The normalized spacial score (nSPS) is 25.1. The first-order valence-corrected chi connectivity index (χ1v) is 7.32. The lowest BCUT2D eigenvalue weighted by Gasteiger charge is -2.36. The number of anilines is 1. The van der Waals surface area contributed by atoms with Crippen LogP contribution in [0, 0.1) is 0 Å². The second-order valence-electron chi connectivity index (χ2n) is 5.55. The van der Waals surface area contributed by atoms with Gasteiger partial charge in [-0.15, -0.1) is 0 Å². The minimum atomic E-state index is -0.375. The van der Waals surface area contributed by atoms with Crippen molar-refractivity contribution in [3.63, 3.8) is 0 Å². The van der Waals surface area contributed by atoms with Crippen LogP contribution in [0.4, 0.5) is 5.69 Å². The standard InChI is InChI=1S/C16H25NO2/c1-3-15(18)12-8-10-13(11-9-12)17(2)14-6-4-5-7-16(14)19/h8-11,14-16,18-19H,3-7H2,1-2H3/t14?,15-,16?/m1/s1. The summed E-state index contributed by atoms with van der Waals surface area (Å²) in [6.45, 7) is 1.98. The highest BCUT2D eigenvalue weighted by Gasteiger charge is 2.26. The average Bonchev–Trinajstić information content (AvgIpc) is 2.46. The molecule has 2 rings (SSSR count). The van der Waals surface area contributed by atoms with Gasteiger partial charge >= 0.3 is 0 Å². The first-order valence-electron chi connectivity index (χ1n) is 7.32. The van der Waals surface area contributed by atoms with Crippen LogP contribution in [0.25, 0.3) is 0 Å². The molecule has 3 heteroatoms. The molecule has 0 aromatic heterocycles. The van der Waals surface area contributed by atoms with Crippen molar-refractivity contribution in [3.8, 4) is 0 Å². The summed E-state index contributed by atoms with van der Waals surface area (Å²) >= 11 is 0. The Kier molecular flexibility index (Phi) is 4.83. The highest BCUT2D eigenvalue weighted by atomic mass is 16.3. The van der Waals surface area contributed by atoms with Gasteiger partial charge in [-0.2, -0.15) is 0 Å². The molecule has 0 spiro atoms. The van der Waals surface area contributed by atoms with Crippen LogP contribution in [0.5, 0.6) is 0 Å². The number of rotatable bonds is 4. The SMILES string of the molecule is CC[C@@H](O)c1ccc(N(C)C2CCCCC2O)cc1.